The zero-order chi connectivity index (χ0) is 11.4. The fraction of sp³-hybridized carbons (Fsp3) is 0.167. The molecule has 16 heavy (non-hydrogen) atoms. The average Bonchev–Trinajstić information content (AvgIpc) is 2.33. The van der Waals surface area contributed by atoms with Crippen molar-refractivity contribution in [3.63, 3.8) is 0 Å². The largest absolute Gasteiger partial charge is 0.321 e. The lowest BCUT2D eigenvalue weighted by molar-refractivity contribution is 0.667. The third kappa shape index (κ3) is 2.56. The molecule has 0 aliphatic rings. The van der Waals surface area contributed by atoms with Gasteiger partial charge in [0.05, 0.1) is 6.04 Å². The van der Waals surface area contributed by atoms with E-state index >= 15 is 0 Å². The lowest BCUT2D eigenvalue weighted by Gasteiger charge is -2.10. The zero-order valence-corrected chi connectivity index (χ0v) is 9.43. The fourth-order valence-corrected chi connectivity index (χ4v) is 1.71. The molecule has 0 fully saturated rings. The molecular formula is C12H12ClN3. The molecule has 0 bridgehead atoms. The molecule has 3 nitrogen and oxygen atoms in total. The minimum absolute atomic E-state index is 0.221. The summed E-state index contributed by atoms with van der Waals surface area (Å²) < 4.78 is 0. The molecule has 1 aromatic carbocycles. The summed E-state index contributed by atoms with van der Waals surface area (Å²) in [7, 11) is 0. The Kier molecular flexibility index (Phi) is 3.49. The highest BCUT2D eigenvalue weighted by molar-refractivity contribution is 6.31. The van der Waals surface area contributed by atoms with Gasteiger partial charge in [0.1, 0.15) is 5.82 Å². The molecule has 0 saturated heterocycles. The van der Waals surface area contributed by atoms with Crippen molar-refractivity contribution in [3.05, 3.63) is 59.1 Å². The first-order valence-electron chi connectivity index (χ1n) is 5.03. The Bertz CT molecular complexity index is 459. The van der Waals surface area contributed by atoms with E-state index in [1.54, 1.807) is 18.5 Å². The van der Waals surface area contributed by atoms with E-state index in [-0.39, 0.29) is 6.04 Å². The van der Waals surface area contributed by atoms with Crippen molar-refractivity contribution in [3.8, 4) is 0 Å². The highest BCUT2D eigenvalue weighted by Gasteiger charge is 2.10. The van der Waals surface area contributed by atoms with E-state index in [9.17, 15) is 0 Å². The minimum atomic E-state index is -0.221. The lowest BCUT2D eigenvalue weighted by Crippen LogP contribution is -2.16. The second-order valence-electron chi connectivity index (χ2n) is 3.51. The number of aromatic nitrogens is 2. The van der Waals surface area contributed by atoms with Gasteiger partial charge in [-0.15, -0.1) is 0 Å². The molecular weight excluding hydrogens is 222 g/mol. The molecule has 1 aromatic heterocycles. The number of hydrogen-bond donors (Lipinski definition) is 1. The smallest absolute Gasteiger partial charge is 0.145 e. The Morgan fingerprint density at radius 1 is 1.12 bits per heavy atom. The maximum absolute atomic E-state index is 6.06. The molecule has 4 heteroatoms. The van der Waals surface area contributed by atoms with Crippen LogP contribution in [0.2, 0.25) is 5.02 Å². The van der Waals surface area contributed by atoms with E-state index in [2.05, 4.69) is 9.97 Å². The van der Waals surface area contributed by atoms with Crippen molar-refractivity contribution in [1.82, 2.24) is 9.97 Å². The molecule has 0 saturated carbocycles. The van der Waals surface area contributed by atoms with Crippen LogP contribution < -0.4 is 5.73 Å². The highest BCUT2D eigenvalue weighted by atomic mass is 35.5. The zero-order valence-electron chi connectivity index (χ0n) is 8.68. The van der Waals surface area contributed by atoms with E-state index in [1.165, 1.54) is 0 Å². The molecule has 0 aliphatic heterocycles. The summed E-state index contributed by atoms with van der Waals surface area (Å²) in [4.78, 5) is 8.25. The summed E-state index contributed by atoms with van der Waals surface area (Å²) >= 11 is 6.06. The Balaban J connectivity index is 2.14. The van der Waals surface area contributed by atoms with E-state index < -0.39 is 0 Å². The summed E-state index contributed by atoms with van der Waals surface area (Å²) in [6.45, 7) is 0. The van der Waals surface area contributed by atoms with Crippen molar-refractivity contribution in [2.24, 2.45) is 5.73 Å². The number of hydrogen-bond acceptors (Lipinski definition) is 3. The molecule has 1 heterocycles. The van der Waals surface area contributed by atoms with Gasteiger partial charge in [0.2, 0.25) is 0 Å². The summed E-state index contributed by atoms with van der Waals surface area (Å²) in [5.74, 6) is 0.641. The van der Waals surface area contributed by atoms with Gasteiger partial charge >= 0.3 is 0 Å². The van der Waals surface area contributed by atoms with Gasteiger partial charge < -0.3 is 5.73 Å². The third-order valence-corrected chi connectivity index (χ3v) is 2.68. The average molecular weight is 234 g/mol. The molecule has 0 radical (unpaired) electrons. The topological polar surface area (TPSA) is 51.8 Å². The molecule has 82 valence electrons. The van der Waals surface area contributed by atoms with Crippen LogP contribution in [0.4, 0.5) is 0 Å². The molecule has 1 unspecified atom stereocenters. The molecule has 2 aromatic rings. The SMILES string of the molecule is NC(Cc1ccccc1Cl)c1ncccn1. The Hall–Kier alpha value is -1.45. The van der Waals surface area contributed by atoms with E-state index in [0.717, 1.165) is 10.6 Å². The first-order chi connectivity index (χ1) is 7.77. The van der Waals surface area contributed by atoms with Crippen LogP contribution in [-0.2, 0) is 6.42 Å². The number of rotatable bonds is 3. The number of nitrogens with two attached hydrogens (primary N) is 1. The van der Waals surface area contributed by atoms with Gasteiger partial charge in [0.25, 0.3) is 0 Å². The minimum Gasteiger partial charge on any atom is -0.321 e. The van der Waals surface area contributed by atoms with Crippen molar-refractivity contribution >= 4 is 11.6 Å². The highest BCUT2D eigenvalue weighted by Crippen LogP contribution is 2.19. The van der Waals surface area contributed by atoms with Crippen molar-refractivity contribution in [2.75, 3.05) is 0 Å². The molecule has 2 N–H and O–H groups in total. The number of halogens is 1. The fourth-order valence-electron chi connectivity index (χ4n) is 1.49. The number of nitrogens with zero attached hydrogens (tertiary/aromatic N) is 2. The van der Waals surface area contributed by atoms with Gasteiger partial charge in [-0.3, -0.25) is 0 Å². The van der Waals surface area contributed by atoms with Crippen LogP contribution in [0.5, 0.6) is 0 Å². The van der Waals surface area contributed by atoms with Gasteiger partial charge in [0.15, 0.2) is 0 Å². The third-order valence-electron chi connectivity index (χ3n) is 2.32. The molecule has 0 aliphatic carbocycles. The summed E-state index contributed by atoms with van der Waals surface area (Å²) in [5, 5.41) is 0.730. The lowest BCUT2D eigenvalue weighted by atomic mass is 10.1. The van der Waals surface area contributed by atoms with E-state index in [1.807, 2.05) is 24.3 Å². The number of benzene rings is 1. The van der Waals surface area contributed by atoms with Crippen molar-refractivity contribution < 1.29 is 0 Å². The predicted molar refractivity (Wildman–Crippen MR) is 64.1 cm³/mol. The van der Waals surface area contributed by atoms with Gasteiger partial charge in [-0.25, -0.2) is 9.97 Å². The molecule has 0 spiro atoms. The first-order valence-corrected chi connectivity index (χ1v) is 5.41. The van der Waals surface area contributed by atoms with Crippen LogP contribution >= 0.6 is 11.6 Å². The Labute approximate surface area is 99.3 Å². The molecule has 1 atom stereocenters. The second-order valence-corrected chi connectivity index (χ2v) is 3.92. The Morgan fingerprint density at radius 3 is 2.50 bits per heavy atom. The van der Waals surface area contributed by atoms with Crippen LogP contribution in [0.15, 0.2) is 42.7 Å². The first kappa shape index (κ1) is 11.0. The van der Waals surface area contributed by atoms with Gasteiger partial charge in [-0.1, -0.05) is 29.8 Å². The predicted octanol–water partition coefficient (Wildman–Crippen LogP) is 2.37. The Morgan fingerprint density at radius 2 is 1.81 bits per heavy atom. The van der Waals surface area contributed by atoms with Crippen molar-refractivity contribution in [2.45, 2.75) is 12.5 Å². The summed E-state index contributed by atoms with van der Waals surface area (Å²) in [6.07, 6.45) is 4.02. The van der Waals surface area contributed by atoms with Crippen LogP contribution in [-0.4, -0.2) is 9.97 Å². The van der Waals surface area contributed by atoms with Gasteiger partial charge in [-0.05, 0) is 24.1 Å². The van der Waals surface area contributed by atoms with E-state index in [0.29, 0.717) is 12.2 Å². The quantitative estimate of drug-likeness (QED) is 0.886. The monoisotopic (exact) mass is 233 g/mol. The standard InChI is InChI=1S/C12H12ClN3/c13-10-5-2-1-4-9(10)8-11(14)12-15-6-3-7-16-12/h1-7,11H,8,14H2. The van der Waals surface area contributed by atoms with Crippen LogP contribution in [0, 0.1) is 0 Å². The summed E-state index contributed by atoms with van der Waals surface area (Å²) in [6, 6.07) is 9.21. The maximum atomic E-state index is 6.06. The van der Waals surface area contributed by atoms with Gasteiger partial charge in [-0.2, -0.15) is 0 Å². The van der Waals surface area contributed by atoms with Crippen molar-refractivity contribution in [1.29, 1.82) is 0 Å². The van der Waals surface area contributed by atoms with Crippen LogP contribution in [0.1, 0.15) is 17.4 Å². The summed E-state index contributed by atoms with van der Waals surface area (Å²) in [5.41, 5.74) is 7.03. The molecule has 0 amide bonds. The van der Waals surface area contributed by atoms with Gasteiger partial charge in [0, 0.05) is 17.4 Å². The molecule has 2 rings (SSSR count). The maximum Gasteiger partial charge on any atom is 0.145 e. The second kappa shape index (κ2) is 5.05. The van der Waals surface area contributed by atoms with Crippen LogP contribution in [0.25, 0.3) is 0 Å². The van der Waals surface area contributed by atoms with E-state index in [4.69, 9.17) is 17.3 Å². The normalized spacial score (nSPS) is 12.4. The van der Waals surface area contributed by atoms with Crippen LogP contribution in [0.3, 0.4) is 0 Å².